The maximum Gasteiger partial charge on any atom is 0.290 e. The van der Waals surface area contributed by atoms with Crippen molar-refractivity contribution in [1.82, 2.24) is 4.90 Å². The number of aliphatic hydroxyl groups is 1. The van der Waals surface area contributed by atoms with Crippen LogP contribution in [0.5, 0.6) is 5.75 Å². The second-order valence-corrected chi connectivity index (χ2v) is 7.48. The van der Waals surface area contributed by atoms with Gasteiger partial charge in [-0.3, -0.25) is 9.59 Å². The van der Waals surface area contributed by atoms with E-state index in [4.69, 9.17) is 5.73 Å². The maximum absolute atomic E-state index is 12.8. The van der Waals surface area contributed by atoms with Gasteiger partial charge in [0.2, 0.25) is 0 Å². The molecule has 0 spiro atoms. The lowest BCUT2D eigenvalue weighted by Gasteiger charge is -2.27. The number of nitrogens with two attached hydrogens (primary N) is 1. The summed E-state index contributed by atoms with van der Waals surface area (Å²) in [6.07, 6.45) is 3.90. The molecule has 1 aliphatic rings. The van der Waals surface area contributed by atoms with E-state index in [1.54, 1.807) is 17.0 Å². The second kappa shape index (κ2) is 9.55. The van der Waals surface area contributed by atoms with Crippen LogP contribution >= 0.6 is 0 Å². The van der Waals surface area contributed by atoms with Crippen molar-refractivity contribution < 1.29 is 19.8 Å². The fourth-order valence-corrected chi connectivity index (χ4v) is 3.43. The summed E-state index contributed by atoms with van der Waals surface area (Å²) < 4.78 is 0. The van der Waals surface area contributed by atoms with Gasteiger partial charge < -0.3 is 20.8 Å². The predicted octanol–water partition coefficient (Wildman–Crippen LogP) is 3.22. The van der Waals surface area contributed by atoms with Gasteiger partial charge in [0.1, 0.15) is 5.75 Å². The van der Waals surface area contributed by atoms with E-state index in [1.807, 2.05) is 13.8 Å². The summed E-state index contributed by atoms with van der Waals surface area (Å²) >= 11 is 0. The summed E-state index contributed by atoms with van der Waals surface area (Å²) in [7, 11) is 0. The van der Waals surface area contributed by atoms with Crippen molar-refractivity contribution in [3.8, 4) is 5.75 Å². The minimum absolute atomic E-state index is 0.111. The fourth-order valence-electron chi connectivity index (χ4n) is 3.43. The van der Waals surface area contributed by atoms with Crippen molar-refractivity contribution in [2.24, 2.45) is 11.7 Å². The van der Waals surface area contributed by atoms with Crippen LogP contribution in [0.3, 0.4) is 0 Å². The first-order valence-electron chi connectivity index (χ1n) is 9.63. The zero-order chi connectivity index (χ0) is 20.0. The Kier molecular flexibility index (Phi) is 7.42. The molecule has 0 aliphatic carbocycles. The molecule has 4 N–H and O–H groups in total. The van der Waals surface area contributed by atoms with Gasteiger partial charge in [-0.1, -0.05) is 38.8 Å². The van der Waals surface area contributed by atoms with Gasteiger partial charge in [0.15, 0.2) is 11.5 Å². The number of aliphatic hydroxyl groups excluding tert-OH is 1. The van der Waals surface area contributed by atoms with Crippen LogP contribution in [-0.4, -0.2) is 39.9 Å². The van der Waals surface area contributed by atoms with Crippen molar-refractivity contribution in [1.29, 1.82) is 0 Å². The van der Waals surface area contributed by atoms with Crippen LogP contribution in [-0.2, 0) is 9.59 Å². The molecular weight excluding hydrogens is 344 g/mol. The Morgan fingerprint density at radius 2 is 1.74 bits per heavy atom. The summed E-state index contributed by atoms with van der Waals surface area (Å²) in [5.74, 6) is -0.919. The van der Waals surface area contributed by atoms with Gasteiger partial charge in [0, 0.05) is 13.0 Å². The predicted molar refractivity (Wildman–Crippen MR) is 104 cm³/mol. The number of hydrogen-bond acceptors (Lipinski definition) is 5. The van der Waals surface area contributed by atoms with Gasteiger partial charge in [0.25, 0.3) is 5.91 Å². The van der Waals surface area contributed by atoms with Crippen LogP contribution in [0.4, 0.5) is 0 Å². The summed E-state index contributed by atoms with van der Waals surface area (Å²) in [5.41, 5.74) is 6.39. The lowest BCUT2D eigenvalue weighted by Crippen LogP contribution is -2.32. The van der Waals surface area contributed by atoms with Gasteiger partial charge >= 0.3 is 0 Å². The van der Waals surface area contributed by atoms with E-state index < -0.39 is 17.7 Å². The van der Waals surface area contributed by atoms with E-state index in [0.29, 0.717) is 18.7 Å². The number of benzene rings is 1. The maximum atomic E-state index is 12.8. The molecule has 0 saturated heterocycles. The van der Waals surface area contributed by atoms with Crippen molar-refractivity contribution in [3.63, 3.8) is 0 Å². The number of nitrogens with zero attached hydrogens (tertiary/aromatic N) is 1. The molecule has 1 aliphatic heterocycles. The second-order valence-electron chi connectivity index (χ2n) is 7.48. The van der Waals surface area contributed by atoms with Crippen LogP contribution in [0.15, 0.2) is 35.6 Å². The number of unbranched alkanes of at least 4 members (excludes halogenated alkanes) is 3. The van der Waals surface area contributed by atoms with Crippen LogP contribution < -0.4 is 5.73 Å². The van der Waals surface area contributed by atoms with E-state index in [9.17, 15) is 19.8 Å². The minimum atomic E-state index is -0.612. The Balaban J connectivity index is 2.28. The molecule has 27 heavy (non-hydrogen) atoms. The zero-order valence-electron chi connectivity index (χ0n) is 16.1. The van der Waals surface area contributed by atoms with Crippen LogP contribution in [0.25, 0.3) is 0 Å². The highest BCUT2D eigenvalue weighted by molar-refractivity contribution is 6.09. The number of rotatable bonds is 10. The summed E-state index contributed by atoms with van der Waals surface area (Å²) in [6, 6.07) is 5.82. The van der Waals surface area contributed by atoms with Crippen LogP contribution in [0.1, 0.15) is 57.6 Å². The van der Waals surface area contributed by atoms with Gasteiger partial charge in [0.05, 0.1) is 11.6 Å². The molecule has 148 valence electrons. The molecule has 0 bridgehead atoms. The van der Waals surface area contributed by atoms with Gasteiger partial charge in [-0.25, -0.2) is 0 Å². The highest BCUT2D eigenvalue weighted by Crippen LogP contribution is 2.39. The Morgan fingerprint density at radius 3 is 2.33 bits per heavy atom. The number of phenolic OH excluding ortho intramolecular Hbond substituents is 1. The number of amides is 1. The molecule has 0 fully saturated rings. The number of ketones is 1. The summed E-state index contributed by atoms with van der Waals surface area (Å²) in [4.78, 5) is 27.0. The number of carbonyl (C=O) groups is 2. The number of aromatic hydroxyl groups is 1. The normalized spacial score (nSPS) is 17.3. The number of hydrogen-bond donors (Lipinski definition) is 3. The van der Waals surface area contributed by atoms with Crippen LogP contribution in [0.2, 0.25) is 0 Å². The third-order valence-corrected chi connectivity index (χ3v) is 4.76. The van der Waals surface area contributed by atoms with Crippen molar-refractivity contribution in [2.45, 2.75) is 52.0 Å². The van der Waals surface area contributed by atoms with E-state index in [2.05, 4.69) is 0 Å². The highest BCUT2D eigenvalue weighted by Gasteiger charge is 2.42. The standard InChI is InChI=1S/C21H30N2O4/c1-14(2)13-17(25)18-19(15-7-9-16(24)10-8-15)23(21(27)20(18)26)12-6-4-3-5-11-22/h7-10,14,19,24,26H,3-6,11-13,22H2,1-2H3. The zero-order valence-corrected chi connectivity index (χ0v) is 16.1. The van der Waals surface area contributed by atoms with Gasteiger partial charge in [-0.2, -0.15) is 0 Å². The molecule has 0 aromatic heterocycles. The SMILES string of the molecule is CC(C)CC(=O)C1=C(O)C(=O)N(CCCCCCN)C1c1ccc(O)cc1. The Morgan fingerprint density at radius 1 is 1.11 bits per heavy atom. The number of carbonyl (C=O) groups excluding carboxylic acids is 2. The Bertz CT molecular complexity index is 695. The molecule has 0 radical (unpaired) electrons. The molecule has 6 nitrogen and oxygen atoms in total. The van der Waals surface area contributed by atoms with Crippen LogP contribution in [0, 0.1) is 5.92 Å². The lowest BCUT2D eigenvalue weighted by atomic mass is 9.92. The van der Waals surface area contributed by atoms with Crippen molar-refractivity contribution in [2.75, 3.05) is 13.1 Å². The average Bonchev–Trinajstić information content (AvgIpc) is 2.86. The summed E-state index contributed by atoms with van der Waals surface area (Å²) in [5, 5.41) is 20.0. The molecule has 0 saturated carbocycles. The fraction of sp³-hybridized carbons (Fsp3) is 0.524. The van der Waals surface area contributed by atoms with Crippen molar-refractivity contribution in [3.05, 3.63) is 41.2 Å². The number of phenols is 1. The first-order chi connectivity index (χ1) is 12.9. The minimum Gasteiger partial charge on any atom is -0.508 e. The molecule has 6 heteroatoms. The molecule has 1 aromatic rings. The Hall–Kier alpha value is -2.34. The van der Waals surface area contributed by atoms with E-state index in [1.165, 1.54) is 12.1 Å². The molecular formula is C21H30N2O4. The Labute approximate surface area is 160 Å². The monoisotopic (exact) mass is 374 g/mol. The summed E-state index contributed by atoms with van der Waals surface area (Å²) in [6.45, 7) is 4.96. The molecule has 1 aromatic carbocycles. The average molecular weight is 374 g/mol. The largest absolute Gasteiger partial charge is 0.508 e. The first-order valence-corrected chi connectivity index (χ1v) is 9.63. The highest BCUT2D eigenvalue weighted by atomic mass is 16.3. The molecule has 1 unspecified atom stereocenters. The van der Waals surface area contributed by atoms with E-state index in [0.717, 1.165) is 25.7 Å². The van der Waals surface area contributed by atoms with Gasteiger partial charge in [-0.15, -0.1) is 0 Å². The van der Waals surface area contributed by atoms with E-state index >= 15 is 0 Å². The molecule has 1 atom stereocenters. The van der Waals surface area contributed by atoms with Crippen molar-refractivity contribution >= 4 is 11.7 Å². The number of Topliss-reactive ketones (excluding diaryl/α,β-unsaturated/α-hetero) is 1. The quantitative estimate of drug-likeness (QED) is 0.546. The molecule has 1 amide bonds. The lowest BCUT2D eigenvalue weighted by molar-refractivity contribution is -0.129. The molecule has 1 heterocycles. The van der Waals surface area contributed by atoms with E-state index in [-0.39, 0.29) is 29.4 Å². The smallest absolute Gasteiger partial charge is 0.290 e. The third-order valence-electron chi connectivity index (χ3n) is 4.76. The first kappa shape index (κ1) is 21.0. The topological polar surface area (TPSA) is 104 Å². The van der Waals surface area contributed by atoms with Gasteiger partial charge in [-0.05, 0) is 43.0 Å². The molecule has 2 rings (SSSR count). The third kappa shape index (κ3) is 5.10.